The van der Waals surface area contributed by atoms with E-state index in [-0.39, 0.29) is 10.7 Å². The van der Waals surface area contributed by atoms with Crippen LogP contribution >= 0.6 is 27.3 Å². The van der Waals surface area contributed by atoms with E-state index < -0.39 is 5.97 Å². The van der Waals surface area contributed by atoms with Gasteiger partial charge in [-0.3, -0.25) is 4.79 Å². The van der Waals surface area contributed by atoms with Gasteiger partial charge in [0.2, 0.25) is 5.78 Å². The first kappa shape index (κ1) is 12.0. The molecule has 0 bridgehead atoms. The van der Waals surface area contributed by atoms with Gasteiger partial charge in [-0.1, -0.05) is 30.3 Å². The van der Waals surface area contributed by atoms with Crippen molar-refractivity contribution in [2.24, 2.45) is 0 Å². The van der Waals surface area contributed by atoms with Crippen molar-refractivity contribution in [3.05, 3.63) is 56.2 Å². The van der Waals surface area contributed by atoms with Crippen molar-refractivity contribution in [3.63, 3.8) is 0 Å². The summed E-state index contributed by atoms with van der Waals surface area (Å²) in [6, 6.07) is 10.2. The van der Waals surface area contributed by atoms with Crippen LogP contribution in [0, 0.1) is 0 Å². The standard InChI is InChI=1S/C12H7BrO3S/c13-8-6-9(12(15)16)17-11(8)10(14)7-4-2-1-3-5-7/h1-6H,(H,15,16). The lowest BCUT2D eigenvalue weighted by atomic mass is 10.1. The second-order valence-electron chi connectivity index (χ2n) is 3.29. The average Bonchev–Trinajstić information content (AvgIpc) is 2.72. The molecule has 0 aliphatic carbocycles. The van der Waals surface area contributed by atoms with E-state index in [9.17, 15) is 9.59 Å². The second kappa shape index (κ2) is 4.81. The zero-order chi connectivity index (χ0) is 12.4. The largest absolute Gasteiger partial charge is 0.477 e. The molecule has 0 spiro atoms. The highest BCUT2D eigenvalue weighted by Gasteiger charge is 2.18. The summed E-state index contributed by atoms with van der Waals surface area (Å²) >= 11 is 4.18. The van der Waals surface area contributed by atoms with Crippen LogP contribution in [-0.2, 0) is 0 Å². The molecule has 0 saturated heterocycles. The van der Waals surface area contributed by atoms with Gasteiger partial charge in [0.05, 0.1) is 4.88 Å². The normalized spacial score (nSPS) is 10.2. The van der Waals surface area contributed by atoms with E-state index in [1.54, 1.807) is 24.3 Å². The van der Waals surface area contributed by atoms with Gasteiger partial charge in [-0.15, -0.1) is 11.3 Å². The van der Waals surface area contributed by atoms with Gasteiger partial charge < -0.3 is 5.11 Å². The number of aromatic carboxylic acids is 1. The van der Waals surface area contributed by atoms with Crippen LogP contribution in [0.1, 0.15) is 24.9 Å². The van der Waals surface area contributed by atoms with Crippen LogP contribution in [0.4, 0.5) is 0 Å². The van der Waals surface area contributed by atoms with E-state index in [1.807, 2.05) is 6.07 Å². The number of thiophene rings is 1. The van der Waals surface area contributed by atoms with Gasteiger partial charge >= 0.3 is 5.97 Å². The van der Waals surface area contributed by atoms with Gasteiger partial charge in [-0.05, 0) is 22.0 Å². The fourth-order valence-corrected chi connectivity index (χ4v) is 3.00. The number of carboxylic acid groups (broad SMARTS) is 1. The van der Waals surface area contributed by atoms with E-state index in [0.29, 0.717) is 14.9 Å². The van der Waals surface area contributed by atoms with Gasteiger partial charge in [-0.25, -0.2) is 4.79 Å². The van der Waals surface area contributed by atoms with E-state index >= 15 is 0 Å². The van der Waals surface area contributed by atoms with Crippen molar-refractivity contribution in [2.45, 2.75) is 0 Å². The fourth-order valence-electron chi connectivity index (χ4n) is 1.35. The Bertz CT molecular complexity index is 575. The van der Waals surface area contributed by atoms with Crippen molar-refractivity contribution in [1.29, 1.82) is 0 Å². The van der Waals surface area contributed by atoms with Gasteiger partial charge in [0.25, 0.3) is 0 Å². The molecule has 0 amide bonds. The highest BCUT2D eigenvalue weighted by atomic mass is 79.9. The maximum atomic E-state index is 12.1. The van der Waals surface area contributed by atoms with E-state index in [0.717, 1.165) is 11.3 Å². The number of hydrogen-bond donors (Lipinski definition) is 1. The highest BCUT2D eigenvalue weighted by Crippen LogP contribution is 2.29. The Labute approximate surface area is 110 Å². The van der Waals surface area contributed by atoms with Crippen LogP contribution in [0.15, 0.2) is 40.9 Å². The van der Waals surface area contributed by atoms with Crippen LogP contribution < -0.4 is 0 Å². The zero-order valence-electron chi connectivity index (χ0n) is 8.51. The Hall–Kier alpha value is -1.46. The quantitative estimate of drug-likeness (QED) is 0.884. The van der Waals surface area contributed by atoms with Crippen molar-refractivity contribution >= 4 is 39.0 Å². The van der Waals surface area contributed by atoms with E-state index in [1.165, 1.54) is 6.07 Å². The predicted octanol–water partition coefficient (Wildman–Crippen LogP) is 3.44. The Morgan fingerprint density at radius 3 is 2.35 bits per heavy atom. The first-order valence-corrected chi connectivity index (χ1v) is 6.33. The Balaban J connectivity index is 2.41. The molecule has 3 nitrogen and oxygen atoms in total. The van der Waals surface area contributed by atoms with E-state index in [4.69, 9.17) is 5.11 Å². The predicted molar refractivity (Wildman–Crippen MR) is 68.9 cm³/mol. The summed E-state index contributed by atoms with van der Waals surface area (Å²) in [6.45, 7) is 0. The molecule has 1 N–H and O–H groups in total. The number of carbonyl (C=O) groups excluding carboxylic acids is 1. The summed E-state index contributed by atoms with van der Waals surface area (Å²) in [7, 11) is 0. The van der Waals surface area contributed by atoms with Crippen molar-refractivity contribution < 1.29 is 14.7 Å². The Morgan fingerprint density at radius 1 is 1.18 bits per heavy atom. The molecule has 1 aromatic heterocycles. The number of carbonyl (C=O) groups is 2. The lowest BCUT2D eigenvalue weighted by molar-refractivity contribution is 0.0702. The molecule has 86 valence electrons. The summed E-state index contributed by atoms with van der Waals surface area (Å²) in [6.07, 6.45) is 0. The first-order chi connectivity index (χ1) is 8.09. The molecule has 2 rings (SSSR count). The first-order valence-electron chi connectivity index (χ1n) is 4.72. The van der Waals surface area contributed by atoms with Gasteiger partial charge in [0.15, 0.2) is 0 Å². The van der Waals surface area contributed by atoms with Gasteiger partial charge in [0, 0.05) is 10.0 Å². The lowest BCUT2D eigenvalue weighted by Crippen LogP contribution is -1.98. The van der Waals surface area contributed by atoms with Crippen LogP contribution in [0.3, 0.4) is 0 Å². The van der Waals surface area contributed by atoms with Crippen LogP contribution in [-0.4, -0.2) is 16.9 Å². The topological polar surface area (TPSA) is 54.4 Å². The third kappa shape index (κ3) is 2.45. The van der Waals surface area contributed by atoms with Crippen molar-refractivity contribution in [1.82, 2.24) is 0 Å². The maximum Gasteiger partial charge on any atom is 0.345 e. The lowest BCUT2D eigenvalue weighted by Gasteiger charge is -1.97. The number of carboxylic acids is 1. The second-order valence-corrected chi connectivity index (χ2v) is 5.19. The minimum atomic E-state index is -1.03. The summed E-state index contributed by atoms with van der Waals surface area (Å²) in [5, 5.41) is 8.85. The molecule has 0 aliphatic heterocycles. The third-order valence-corrected chi connectivity index (χ3v) is 4.15. The number of hydrogen-bond acceptors (Lipinski definition) is 3. The van der Waals surface area contributed by atoms with Crippen molar-refractivity contribution in [2.75, 3.05) is 0 Å². The van der Waals surface area contributed by atoms with Crippen LogP contribution in [0.5, 0.6) is 0 Å². The van der Waals surface area contributed by atoms with Gasteiger partial charge in [0.1, 0.15) is 4.88 Å². The molecule has 5 heteroatoms. The smallest absolute Gasteiger partial charge is 0.345 e. The average molecular weight is 311 g/mol. The van der Waals surface area contributed by atoms with Crippen LogP contribution in [0.2, 0.25) is 0 Å². The van der Waals surface area contributed by atoms with Gasteiger partial charge in [-0.2, -0.15) is 0 Å². The molecule has 0 unspecified atom stereocenters. The number of ketones is 1. The summed E-state index contributed by atoms with van der Waals surface area (Å²) in [5.41, 5.74) is 0.548. The highest BCUT2D eigenvalue weighted by molar-refractivity contribution is 9.10. The molecule has 0 fully saturated rings. The monoisotopic (exact) mass is 310 g/mol. The van der Waals surface area contributed by atoms with Crippen LogP contribution in [0.25, 0.3) is 0 Å². The number of benzene rings is 1. The molecule has 17 heavy (non-hydrogen) atoms. The molecule has 0 atom stereocenters. The molecule has 0 saturated carbocycles. The summed E-state index contributed by atoms with van der Waals surface area (Å²) in [4.78, 5) is 23.5. The third-order valence-electron chi connectivity index (χ3n) is 2.14. The molecular weight excluding hydrogens is 304 g/mol. The SMILES string of the molecule is O=C(O)c1cc(Br)c(C(=O)c2ccccc2)s1. The van der Waals surface area contributed by atoms with E-state index in [2.05, 4.69) is 15.9 Å². The maximum absolute atomic E-state index is 12.1. The molecular formula is C12H7BrO3S. The minimum absolute atomic E-state index is 0.149. The molecule has 2 aromatic rings. The summed E-state index contributed by atoms with van der Waals surface area (Å²) in [5.74, 6) is -1.20. The Morgan fingerprint density at radius 2 is 1.82 bits per heavy atom. The number of halogens is 1. The van der Waals surface area contributed by atoms with Crippen molar-refractivity contribution in [3.8, 4) is 0 Å². The molecule has 1 aromatic carbocycles. The minimum Gasteiger partial charge on any atom is -0.477 e. The fraction of sp³-hybridized carbons (Fsp3) is 0. The number of rotatable bonds is 3. The summed E-state index contributed by atoms with van der Waals surface area (Å²) < 4.78 is 0.522. The Kier molecular flexibility index (Phi) is 3.40. The molecule has 0 radical (unpaired) electrons. The zero-order valence-corrected chi connectivity index (χ0v) is 10.9. The molecule has 0 aliphatic rings. The molecule has 1 heterocycles.